The van der Waals surface area contributed by atoms with Gasteiger partial charge < -0.3 is 20.3 Å². The molecule has 2 atom stereocenters. The van der Waals surface area contributed by atoms with Crippen LogP contribution < -0.4 is 5.32 Å². The monoisotopic (exact) mass is 1100 g/mol. The van der Waals surface area contributed by atoms with Gasteiger partial charge in [-0.15, -0.1) is 0 Å². The number of carbonyl (C=O) groups excluding carboxylic acids is 2. The Bertz CT molecular complexity index is 1260. The van der Waals surface area contributed by atoms with Crippen molar-refractivity contribution in [3.05, 3.63) is 36.5 Å². The summed E-state index contributed by atoms with van der Waals surface area (Å²) in [5.41, 5.74) is 0. The van der Waals surface area contributed by atoms with Crippen LogP contribution in [0.15, 0.2) is 36.5 Å². The number of esters is 1. The van der Waals surface area contributed by atoms with Gasteiger partial charge in [0.1, 0.15) is 0 Å². The van der Waals surface area contributed by atoms with Crippen LogP contribution in [-0.4, -0.2) is 47.4 Å². The Morgan fingerprint density at radius 3 is 0.910 bits per heavy atom. The van der Waals surface area contributed by atoms with Crippen molar-refractivity contribution in [3.63, 3.8) is 0 Å². The summed E-state index contributed by atoms with van der Waals surface area (Å²) in [4.78, 5) is 24.6. The zero-order chi connectivity index (χ0) is 56.4. The smallest absolute Gasteiger partial charge is 0.305 e. The predicted octanol–water partition coefficient (Wildman–Crippen LogP) is 22.7. The lowest BCUT2D eigenvalue weighted by Crippen LogP contribution is -2.45. The minimum absolute atomic E-state index is 0.0130. The second-order valence-corrected chi connectivity index (χ2v) is 24.2. The van der Waals surface area contributed by atoms with Crippen molar-refractivity contribution in [3.8, 4) is 0 Å². The number of aliphatic hydroxyl groups excluding tert-OH is 2. The highest BCUT2D eigenvalue weighted by molar-refractivity contribution is 5.76. The molecular weight excluding hydrogens is 959 g/mol. The number of ether oxygens (including phenoxy) is 1. The van der Waals surface area contributed by atoms with Gasteiger partial charge in [-0.1, -0.05) is 326 Å². The number of rotatable bonds is 66. The van der Waals surface area contributed by atoms with Crippen LogP contribution in [0.2, 0.25) is 0 Å². The van der Waals surface area contributed by atoms with Crippen LogP contribution in [-0.2, 0) is 14.3 Å². The molecule has 0 fully saturated rings. The van der Waals surface area contributed by atoms with Gasteiger partial charge in [0.2, 0.25) is 5.91 Å². The Morgan fingerprint density at radius 2 is 0.603 bits per heavy atom. The maximum Gasteiger partial charge on any atom is 0.305 e. The average molecular weight is 1100 g/mol. The second-order valence-electron chi connectivity index (χ2n) is 24.2. The van der Waals surface area contributed by atoms with Gasteiger partial charge in [0.25, 0.3) is 0 Å². The van der Waals surface area contributed by atoms with Crippen molar-refractivity contribution in [2.24, 2.45) is 0 Å². The van der Waals surface area contributed by atoms with E-state index in [0.717, 1.165) is 44.9 Å². The summed E-state index contributed by atoms with van der Waals surface area (Å²) in [5, 5.41) is 23.2. The minimum atomic E-state index is -0.844. The molecule has 0 aromatic heterocycles. The molecule has 2 unspecified atom stereocenters. The molecule has 460 valence electrons. The summed E-state index contributed by atoms with van der Waals surface area (Å²) in [6, 6.07) is -0.628. The molecular formula is C72H137NO5. The van der Waals surface area contributed by atoms with E-state index in [1.807, 2.05) is 6.08 Å². The van der Waals surface area contributed by atoms with Crippen LogP contribution in [0.4, 0.5) is 0 Å². The van der Waals surface area contributed by atoms with Gasteiger partial charge in [0, 0.05) is 12.8 Å². The lowest BCUT2D eigenvalue weighted by atomic mass is 10.0. The highest BCUT2D eigenvalue weighted by Gasteiger charge is 2.18. The molecule has 6 heteroatoms. The van der Waals surface area contributed by atoms with Crippen molar-refractivity contribution < 1.29 is 24.5 Å². The molecule has 0 radical (unpaired) electrons. The Balaban J connectivity index is 3.38. The number of nitrogens with one attached hydrogen (secondary N) is 1. The Kier molecular flexibility index (Phi) is 65.9. The van der Waals surface area contributed by atoms with Gasteiger partial charge in [0.15, 0.2) is 0 Å². The molecule has 0 saturated heterocycles. The molecule has 6 nitrogen and oxygen atoms in total. The number of amides is 1. The zero-order valence-corrected chi connectivity index (χ0v) is 52.7. The molecule has 0 rings (SSSR count). The van der Waals surface area contributed by atoms with Gasteiger partial charge in [-0.05, 0) is 83.5 Å². The first kappa shape index (κ1) is 76.1. The normalized spacial score (nSPS) is 12.7. The van der Waals surface area contributed by atoms with Crippen LogP contribution >= 0.6 is 0 Å². The van der Waals surface area contributed by atoms with Crippen LogP contribution in [0.1, 0.15) is 386 Å². The first-order chi connectivity index (χ1) is 38.5. The lowest BCUT2D eigenvalue weighted by Gasteiger charge is -2.20. The third-order valence-electron chi connectivity index (χ3n) is 16.4. The van der Waals surface area contributed by atoms with E-state index < -0.39 is 12.1 Å². The van der Waals surface area contributed by atoms with E-state index in [2.05, 4.69) is 43.5 Å². The molecule has 3 N–H and O–H groups in total. The summed E-state index contributed by atoms with van der Waals surface area (Å²) >= 11 is 0. The fraction of sp³-hybridized carbons (Fsp3) is 0.889. The van der Waals surface area contributed by atoms with E-state index in [1.54, 1.807) is 6.08 Å². The molecule has 0 aromatic carbocycles. The van der Waals surface area contributed by atoms with Crippen LogP contribution in [0, 0.1) is 0 Å². The fourth-order valence-corrected chi connectivity index (χ4v) is 11.0. The minimum Gasteiger partial charge on any atom is -0.466 e. The van der Waals surface area contributed by atoms with Crippen LogP contribution in [0.25, 0.3) is 0 Å². The second kappa shape index (κ2) is 67.6. The fourth-order valence-electron chi connectivity index (χ4n) is 11.0. The molecule has 0 heterocycles. The standard InChI is InChI=1S/C72H137NO5/c1-3-5-7-9-11-13-15-17-19-20-34-38-42-46-50-54-58-62-66-72(77)78-67-63-59-55-51-47-43-39-35-32-30-28-26-24-22-21-23-25-27-29-31-33-37-41-45-49-53-57-61-65-71(76)73-69(68-74)70(75)64-60-56-52-48-44-40-36-18-16-14-12-10-8-6-4-2/h19-22,60,64,69-70,74-75H,3-18,23-59,61-63,65-68H2,1-2H3,(H,73,76)/b20-19-,22-21-,64-60+. The van der Waals surface area contributed by atoms with Gasteiger partial charge >= 0.3 is 5.97 Å². The van der Waals surface area contributed by atoms with Gasteiger partial charge in [-0.25, -0.2) is 0 Å². The van der Waals surface area contributed by atoms with E-state index in [-0.39, 0.29) is 18.5 Å². The van der Waals surface area contributed by atoms with Crippen molar-refractivity contribution in [1.29, 1.82) is 0 Å². The molecule has 0 spiro atoms. The molecule has 0 bridgehead atoms. The van der Waals surface area contributed by atoms with E-state index >= 15 is 0 Å². The third-order valence-corrected chi connectivity index (χ3v) is 16.4. The molecule has 1 amide bonds. The summed E-state index contributed by atoms with van der Waals surface area (Å²) in [5.74, 6) is -0.0530. The number of hydrogen-bond acceptors (Lipinski definition) is 5. The Morgan fingerprint density at radius 1 is 0.346 bits per heavy atom. The van der Waals surface area contributed by atoms with E-state index in [0.29, 0.717) is 19.4 Å². The number of hydrogen-bond donors (Lipinski definition) is 3. The van der Waals surface area contributed by atoms with Gasteiger partial charge in [-0.3, -0.25) is 9.59 Å². The molecule has 0 aliphatic rings. The van der Waals surface area contributed by atoms with E-state index in [4.69, 9.17) is 4.74 Å². The highest BCUT2D eigenvalue weighted by Crippen LogP contribution is 2.18. The molecule has 0 aromatic rings. The Labute approximate surface area is 487 Å². The first-order valence-electron chi connectivity index (χ1n) is 35.3. The predicted molar refractivity (Wildman–Crippen MR) is 343 cm³/mol. The maximum absolute atomic E-state index is 12.5. The van der Waals surface area contributed by atoms with E-state index in [9.17, 15) is 19.8 Å². The molecule has 0 aliphatic carbocycles. The van der Waals surface area contributed by atoms with E-state index in [1.165, 1.54) is 315 Å². The van der Waals surface area contributed by atoms with Crippen molar-refractivity contribution in [2.75, 3.05) is 13.2 Å². The number of carbonyl (C=O) groups is 2. The number of allylic oxidation sites excluding steroid dienone is 5. The summed E-state index contributed by atoms with van der Waals surface area (Å²) < 4.78 is 5.50. The molecule has 0 aliphatic heterocycles. The topological polar surface area (TPSA) is 95.9 Å². The van der Waals surface area contributed by atoms with Gasteiger partial charge in [0.05, 0.1) is 25.4 Å². The lowest BCUT2D eigenvalue weighted by molar-refractivity contribution is -0.143. The summed E-state index contributed by atoms with van der Waals surface area (Å²) in [7, 11) is 0. The SMILES string of the molecule is CCCCCCCCC/C=C\CCCCCCCCCC(=O)OCCCCCCCCCCCCCC/C=C\CCCCCCCCCCCCCCC(=O)NC(CO)C(O)/C=C/CCCCCCCCCCCCCCC. The number of unbranched alkanes of at least 4 members (excludes halogenated alkanes) is 51. The zero-order valence-electron chi connectivity index (χ0n) is 52.7. The van der Waals surface area contributed by atoms with Gasteiger partial charge in [-0.2, -0.15) is 0 Å². The van der Waals surface area contributed by atoms with Crippen molar-refractivity contribution >= 4 is 11.9 Å². The Hall–Kier alpha value is -1.92. The first-order valence-corrected chi connectivity index (χ1v) is 35.3. The quantitative estimate of drug-likeness (QED) is 0.0320. The molecule has 78 heavy (non-hydrogen) atoms. The highest BCUT2D eigenvalue weighted by atomic mass is 16.5. The third kappa shape index (κ3) is 63.3. The largest absolute Gasteiger partial charge is 0.466 e. The number of aliphatic hydroxyl groups is 2. The maximum atomic E-state index is 12.5. The van der Waals surface area contributed by atoms with Crippen molar-refractivity contribution in [2.45, 2.75) is 398 Å². The van der Waals surface area contributed by atoms with Crippen LogP contribution in [0.3, 0.4) is 0 Å². The van der Waals surface area contributed by atoms with Crippen molar-refractivity contribution in [1.82, 2.24) is 5.32 Å². The average Bonchev–Trinajstić information content (AvgIpc) is 3.44. The summed E-state index contributed by atoms with van der Waals surface area (Å²) in [6.07, 6.45) is 86.5. The molecule has 0 saturated carbocycles. The summed E-state index contributed by atoms with van der Waals surface area (Å²) in [6.45, 7) is 4.93. The van der Waals surface area contributed by atoms with Crippen LogP contribution in [0.5, 0.6) is 0 Å².